The summed E-state index contributed by atoms with van der Waals surface area (Å²) in [7, 11) is -1.12. The third-order valence-electron chi connectivity index (χ3n) is 4.20. The Morgan fingerprint density at radius 1 is 1.15 bits per heavy atom. The molecule has 0 aliphatic heterocycles. The summed E-state index contributed by atoms with van der Waals surface area (Å²) >= 11 is 0. The number of benzene rings is 2. The molecule has 0 atom stereocenters. The molecule has 2 aromatic carbocycles. The number of hydrazone groups is 1. The van der Waals surface area contributed by atoms with Crippen LogP contribution in [0.25, 0.3) is 0 Å². The third kappa shape index (κ3) is 7.44. The van der Waals surface area contributed by atoms with Crippen molar-refractivity contribution in [3.8, 4) is 11.5 Å². The summed E-state index contributed by atoms with van der Waals surface area (Å²) in [5.74, 6) is 0.137. The fraction of sp³-hybridized carbons (Fsp3) is 0.227. The molecular weight excluding hydrogens is 448 g/mol. The van der Waals surface area contributed by atoms with Gasteiger partial charge in [-0.1, -0.05) is 12.7 Å². The van der Waals surface area contributed by atoms with Gasteiger partial charge in [0, 0.05) is 19.7 Å². The molecule has 10 nitrogen and oxygen atoms in total. The summed E-state index contributed by atoms with van der Waals surface area (Å²) in [6, 6.07) is 10.7. The van der Waals surface area contributed by atoms with Crippen LogP contribution in [-0.4, -0.2) is 58.1 Å². The molecule has 33 heavy (non-hydrogen) atoms. The number of methoxy groups -OCH3 is 1. The first-order valence-corrected chi connectivity index (χ1v) is 11.2. The molecule has 0 aliphatic rings. The number of rotatable bonds is 11. The normalized spacial score (nSPS) is 11.3. The second-order valence-electron chi connectivity index (χ2n) is 6.77. The van der Waals surface area contributed by atoms with Crippen molar-refractivity contribution in [1.82, 2.24) is 9.73 Å². The van der Waals surface area contributed by atoms with Crippen LogP contribution in [0.15, 0.2) is 65.1 Å². The zero-order valence-electron chi connectivity index (χ0n) is 18.6. The molecule has 2 N–H and O–H groups in total. The monoisotopic (exact) mass is 474 g/mol. The number of ether oxygens (including phenoxy) is 2. The van der Waals surface area contributed by atoms with Crippen LogP contribution in [0.1, 0.15) is 12.5 Å². The van der Waals surface area contributed by atoms with Crippen molar-refractivity contribution >= 4 is 33.7 Å². The zero-order chi connectivity index (χ0) is 24.4. The van der Waals surface area contributed by atoms with E-state index in [1.165, 1.54) is 51.6 Å². The highest BCUT2D eigenvalue weighted by Crippen LogP contribution is 2.27. The second kappa shape index (κ2) is 11.8. The second-order valence-corrected chi connectivity index (χ2v) is 8.81. The molecule has 0 fully saturated rings. The van der Waals surface area contributed by atoms with E-state index in [4.69, 9.17) is 9.47 Å². The number of carbonyl (C=O) groups excluding carboxylic acids is 2. The van der Waals surface area contributed by atoms with Gasteiger partial charge in [-0.05, 0) is 48.0 Å². The van der Waals surface area contributed by atoms with Crippen LogP contribution in [0.2, 0.25) is 0 Å². The largest absolute Gasteiger partial charge is 0.493 e. The molecular formula is C22H26N4O6S. The van der Waals surface area contributed by atoms with E-state index in [2.05, 4.69) is 22.4 Å². The van der Waals surface area contributed by atoms with Crippen LogP contribution in [0, 0.1) is 0 Å². The van der Waals surface area contributed by atoms with Gasteiger partial charge in [0.1, 0.15) is 6.61 Å². The van der Waals surface area contributed by atoms with Crippen molar-refractivity contribution in [3.63, 3.8) is 0 Å². The summed E-state index contributed by atoms with van der Waals surface area (Å²) in [4.78, 5) is 23.2. The Bertz CT molecular complexity index is 1130. The highest BCUT2D eigenvalue weighted by molar-refractivity contribution is 7.89. The van der Waals surface area contributed by atoms with Crippen LogP contribution in [-0.2, 0) is 19.6 Å². The first kappa shape index (κ1) is 25.6. The molecule has 11 heteroatoms. The van der Waals surface area contributed by atoms with E-state index in [0.717, 1.165) is 4.31 Å². The van der Waals surface area contributed by atoms with Gasteiger partial charge in [0.05, 0.1) is 24.8 Å². The lowest BCUT2D eigenvalue weighted by molar-refractivity contribution is -0.121. The highest BCUT2D eigenvalue weighted by atomic mass is 32.2. The number of sulfonamides is 1. The van der Waals surface area contributed by atoms with Crippen molar-refractivity contribution in [2.24, 2.45) is 5.10 Å². The maximum Gasteiger partial charge on any atom is 0.255 e. The fourth-order valence-electron chi connectivity index (χ4n) is 2.63. The number of carbonyl (C=O) groups is 2. The van der Waals surface area contributed by atoms with Gasteiger partial charge in [-0.25, -0.2) is 13.8 Å². The van der Waals surface area contributed by atoms with Crippen molar-refractivity contribution in [2.75, 3.05) is 32.6 Å². The van der Waals surface area contributed by atoms with Crippen molar-refractivity contribution < 1.29 is 27.5 Å². The van der Waals surface area contributed by atoms with Crippen LogP contribution >= 0.6 is 0 Å². The summed E-state index contributed by atoms with van der Waals surface area (Å²) in [6.07, 6.45) is 3.01. The lowest BCUT2D eigenvalue weighted by Crippen LogP contribution is -2.36. The number of hydrogen-bond donors (Lipinski definition) is 2. The zero-order valence-corrected chi connectivity index (χ0v) is 19.4. The van der Waals surface area contributed by atoms with Crippen molar-refractivity contribution in [2.45, 2.75) is 11.8 Å². The van der Waals surface area contributed by atoms with E-state index in [1.807, 2.05) is 0 Å². The van der Waals surface area contributed by atoms with E-state index in [1.54, 1.807) is 24.3 Å². The van der Waals surface area contributed by atoms with Crippen LogP contribution < -0.4 is 20.2 Å². The Balaban J connectivity index is 1.97. The molecule has 0 aromatic heterocycles. The van der Waals surface area contributed by atoms with E-state index in [9.17, 15) is 18.0 Å². The average molecular weight is 475 g/mol. The van der Waals surface area contributed by atoms with Gasteiger partial charge in [-0.3, -0.25) is 9.59 Å². The summed E-state index contributed by atoms with van der Waals surface area (Å²) in [5, 5.41) is 6.41. The molecule has 2 aromatic rings. The van der Waals surface area contributed by atoms with Gasteiger partial charge in [0.15, 0.2) is 11.5 Å². The number of amides is 2. The van der Waals surface area contributed by atoms with E-state index >= 15 is 0 Å². The summed E-state index contributed by atoms with van der Waals surface area (Å²) in [6.45, 7) is 4.83. The van der Waals surface area contributed by atoms with E-state index < -0.39 is 22.5 Å². The number of likely N-dealkylation sites (N-methyl/N-ethyl adjacent to an activating group) is 1. The van der Waals surface area contributed by atoms with E-state index in [-0.39, 0.29) is 10.8 Å². The van der Waals surface area contributed by atoms with Crippen molar-refractivity contribution in [3.05, 3.63) is 60.7 Å². The van der Waals surface area contributed by atoms with Gasteiger partial charge < -0.3 is 14.8 Å². The Morgan fingerprint density at radius 3 is 2.45 bits per heavy atom. The van der Waals surface area contributed by atoms with Crippen molar-refractivity contribution in [1.29, 1.82) is 0 Å². The first-order valence-electron chi connectivity index (χ1n) is 9.75. The Labute approximate surface area is 192 Å². The van der Waals surface area contributed by atoms with Gasteiger partial charge in [0.25, 0.3) is 5.91 Å². The molecule has 0 aliphatic carbocycles. The van der Waals surface area contributed by atoms with Gasteiger partial charge in [-0.2, -0.15) is 9.41 Å². The molecule has 0 radical (unpaired) electrons. The quantitative estimate of drug-likeness (QED) is 0.291. The summed E-state index contributed by atoms with van der Waals surface area (Å²) < 4.78 is 37.0. The smallest absolute Gasteiger partial charge is 0.255 e. The number of nitrogens with zero attached hydrogens (tertiary/aromatic N) is 2. The molecule has 0 saturated heterocycles. The molecule has 2 amide bonds. The minimum absolute atomic E-state index is 0.0127. The lowest BCUT2D eigenvalue weighted by atomic mass is 10.2. The first-order chi connectivity index (χ1) is 15.7. The molecule has 0 bridgehead atoms. The predicted octanol–water partition coefficient (Wildman–Crippen LogP) is 1.99. The number of nitrogens with one attached hydrogen (secondary N) is 2. The van der Waals surface area contributed by atoms with Gasteiger partial charge >= 0.3 is 0 Å². The van der Waals surface area contributed by atoms with E-state index in [0.29, 0.717) is 29.4 Å². The Morgan fingerprint density at radius 2 is 1.85 bits per heavy atom. The Hall–Kier alpha value is -3.70. The molecule has 2 rings (SSSR count). The predicted molar refractivity (Wildman–Crippen MR) is 125 cm³/mol. The fourth-order valence-corrected chi connectivity index (χ4v) is 3.75. The molecule has 0 heterocycles. The SMILES string of the molecule is C=CCOc1ccc(C=NNC(=O)CN(C)S(=O)(=O)c2ccc(NC(C)=O)cc2)cc1OC. The number of hydrogen-bond acceptors (Lipinski definition) is 7. The van der Waals surface area contributed by atoms with Crippen LogP contribution in [0.5, 0.6) is 11.5 Å². The topological polar surface area (TPSA) is 126 Å². The van der Waals surface area contributed by atoms with Gasteiger partial charge in [-0.15, -0.1) is 0 Å². The average Bonchev–Trinajstić information content (AvgIpc) is 2.77. The minimum Gasteiger partial charge on any atom is -0.493 e. The maximum absolute atomic E-state index is 12.7. The molecule has 0 saturated carbocycles. The molecule has 0 spiro atoms. The third-order valence-corrected chi connectivity index (χ3v) is 6.01. The Kier molecular flexibility index (Phi) is 9.13. The minimum atomic E-state index is -3.91. The standard InChI is InChI=1S/C22H26N4O6S/c1-5-12-32-20-11-6-17(13-21(20)31-4)14-23-25-22(28)15-26(3)33(29,30)19-9-7-18(8-10-19)24-16(2)27/h5-11,13-14H,1,12,15H2,2-4H3,(H,24,27)(H,25,28). The molecule has 0 unspecified atom stereocenters. The van der Waals surface area contributed by atoms with Crippen LogP contribution in [0.3, 0.4) is 0 Å². The number of anilines is 1. The van der Waals surface area contributed by atoms with Crippen LogP contribution in [0.4, 0.5) is 5.69 Å². The molecule has 176 valence electrons. The van der Waals surface area contributed by atoms with Gasteiger partial charge in [0.2, 0.25) is 15.9 Å². The highest BCUT2D eigenvalue weighted by Gasteiger charge is 2.22. The lowest BCUT2D eigenvalue weighted by Gasteiger charge is -2.16. The summed E-state index contributed by atoms with van der Waals surface area (Å²) in [5.41, 5.74) is 3.40. The maximum atomic E-state index is 12.7.